The van der Waals surface area contributed by atoms with E-state index in [1.165, 1.54) is 25.2 Å². The predicted octanol–water partition coefficient (Wildman–Crippen LogP) is 4.96. The number of H-pyrrole nitrogens is 1. The van der Waals surface area contributed by atoms with Crippen LogP contribution in [-0.4, -0.2) is 66.3 Å². The van der Waals surface area contributed by atoms with Crippen LogP contribution >= 0.6 is 0 Å². The van der Waals surface area contributed by atoms with Gasteiger partial charge in [-0.15, -0.1) is 0 Å². The van der Waals surface area contributed by atoms with Gasteiger partial charge in [-0.3, -0.25) is 9.59 Å². The lowest BCUT2D eigenvalue weighted by Gasteiger charge is -2.26. The quantitative estimate of drug-likeness (QED) is 0.138. The molecule has 0 spiro atoms. The van der Waals surface area contributed by atoms with Crippen molar-refractivity contribution in [3.05, 3.63) is 83.1 Å². The van der Waals surface area contributed by atoms with Crippen LogP contribution in [0.4, 0.5) is 0 Å². The second-order valence-corrected chi connectivity index (χ2v) is 9.70. The molecule has 3 aromatic carbocycles. The minimum atomic E-state index is -0.947. The summed E-state index contributed by atoms with van der Waals surface area (Å²) in [6.45, 7) is 2.26. The summed E-state index contributed by atoms with van der Waals surface area (Å²) >= 11 is 0. The lowest BCUT2D eigenvalue weighted by molar-refractivity contribution is -0.139. The number of Topliss-reactive ketones (excluding diaryl/α,β-unsaturated/α-hetero) is 1. The Balaban J connectivity index is 1.60. The van der Waals surface area contributed by atoms with Crippen LogP contribution in [0, 0.1) is 0 Å². The number of hydrogen-bond acceptors (Lipinski definition) is 8. The lowest BCUT2D eigenvalue weighted by Crippen LogP contribution is -2.31. The summed E-state index contributed by atoms with van der Waals surface area (Å²) < 4.78 is 21.6. The number of likely N-dealkylation sites (tertiary alicyclic amines) is 1. The number of aliphatic hydroxyl groups excluding tert-OH is 1. The molecule has 1 fully saturated rings. The Kier molecular flexibility index (Phi) is 7.97. The number of carbonyl (C=O) groups excluding carboxylic acids is 2. The fourth-order valence-electron chi connectivity index (χ4n) is 5.30. The van der Waals surface area contributed by atoms with Gasteiger partial charge in [0.25, 0.3) is 11.7 Å². The van der Waals surface area contributed by atoms with Crippen LogP contribution in [0.3, 0.4) is 0 Å². The Labute approximate surface area is 242 Å². The van der Waals surface area contributed by atoms with E-state index < -0.39 is 17.7 Å². The highest BCUT2D eigenvalue weighted by atomic mass is 16.5. The number of fused-ring (bicyclic) bond motifs is 1. The third-order valence-electron chi connectivity index (χ3n) is 7.39. The van der Waals surface area contributed by atoms with Gasteiger partial charge in [0.15, 0.2) is 23.0 Å². The van der Waals surface area contributed by atoms with Gasteiger partial charge in [0, 0.05) is 29.2 Å². The molecule has 4 aromatic rings. The fourth-order valence-corrected chi connectivity index (χ4v) is 5.30. The monoisotopic (exact) mass is 572 g/mol. The van der Waals surface area contributed by atoms with Crippen molar-refractivity contribution in [3.63, 3.8) is 0 Å². The first-order valence-corrected chi connectivity index (χ1v) is 13.4. The molecule has 1 aromatic heterocycles. The van der Waals surface area contributed by atoms with Gasteiger partial charge in [0.05, 0.1) is 39.6 Å². The molecule has 0 radical (unpaired) electrons. The first kappa shape index (κ1) is 28.4. The van der Waals surface area contributed by atoms with Crippen molar-refractivity contribution in [2.45, 2.75) is 19.4 Å². The third-order valence-corrected chi connectivity index (χ3v) is 7.39. The van der Waals surface area contributed by atoms with Crippen LogP contribution in [0.5, 0.6) is 28.7 Å². The molecule has 3 N–H and O–H groups in total. The topological polar surface area (TPSA) is 131 Å². The van der Waals surface area contributed by atoms with Crippen molar-refractivity contribution in [2.24, 2.45) is 0 Å². The van der Waals surface area contributed by atoms with E-state index in [-0.39, 0.29) is 34.9 Å². The van der Waals surface area contributed by atoms with Gasteiger partial charge in [-0.25, -0.2) is 0 Å². The molecule has 1 aliphatic heterocycles. The van der Waals surface area contributed by atoms with Gasteiger partial charge in [0.1, 0.15) is 11.5 Å². The summed E-state index contributed by atoms with van der Waals surface area (Å²) in [6, 6.07) is 14.1. The molecule has 0 saturated carbocycles. The Hall–Kier alpha value is -5.12. The minimum Gasteiger partial charge on any atom is -0.507 e. The number of ketones is 1. The predicted molar refractivity (Wildman–Crippen MR) is 156 cm³/mol. The van der Waals surface area contributed by atoms with E-state index >= 15 is 0 Å². The van der Waals surface area contributed by atoms with E-state index in [9.17, 15) is 19.8 Å². The molecule has 218 valence electrons. The first-order chi connectivity index (χ1) is 20.3. The summed E-state index contributed by atoms with van der Waals surface area (Å²) in [4.78, 5) is 31.8. The molecular formula is C32H32N2O8. The van der Waals surface area contributed by atoms with Crippen LogP contribution in [-0.2, 0) is 16.0 Å². The fraction of sp³-hybridized carbons (Fsp3) is 0.250. The van der Waals surface area contributed by atoms with E-state index in [4.69, 9.17) is 18.9 Å². The number of methoxy groups -OCH3 is 3. The van der Waals surface area contributed by atoms with Crippen LogP contribution in [0.15, 0.2) is 66.4 Å². The average molecular weight is 573 g/mol. The number of aromatic nitrogens is 1. The van der Waals surface area contributed by atoms with E-state index in [0.717, 1.165) is 16.5 Å². The maximum absolute atomic E-state index is 13.6. The number of aromatic hydroxyl groups is 1. The van der Waals surface area contributed by atoms with E-state index in [2.05, 4.69) is 4.98 Å². The van der Waals surface area contributed by atoms with Gasteiger partial charge in [0.2, 0.25) is 0 Å². The zero-order chi connectivity index (χ0) is 30.0. The second-order valence-electron chi connectivity index (χ2n) is 9.70. The summed E-state index contributed by atoms with van der Waals surface area (Å²) in [5.74, 6) is -0.299. The van der Waals surface area contributed by atoms with Crippen molar-refractivity contribution in [2.75, 3.05) is 34.5 Å². The molecule has 0 unspecified atom stereocenters. The zero-order valence-corrected chi connectivity index (χ0v) is 23.8. The molecule has 1 atom stereocenters. The first-order valence-electron chi connectivity index (χ1n) is 13.4. The third kappa shape index (κ3) is 5.07. The highest BCUT2D eigenvalue weighted by Gasteiger charge is 2.46. The average Bonchev–Trinajstić information content (AvgIpc) is 3.53. The van der Waals surface area contributed by atoms with E-state index in [1.54, 1.807) is 44.4 Å². The Bertz CT molecular complexity index is 1690. The smallest absolute Gasteiger partial charge is 0.295 e. The molecule has 1 aliphatic rings. The van der Waals surface area contributed by atoms with Crippen LogP contribution in [0.25, 0.3) is 16.7 Å². The lowest BCUT2D eigenvalue weighted by atomic mass is 9.94. The van der Waals surface area contributed by atoms with Crippen LogP contribution in [0.1, 0.15) is 29.7 Å². The number of ether oxygens (including phenoxy) is 4. The van der Waals surface area contributed by atoms with Crippen molar-refractivity contribution in [1.82, 2.24) is 9.88 Å². The molecule has 42 heavy (non-hydrogen) atoms. The molecule has 10 heteroatoms. The molecule has 10 nitrogen and oxygen atoms in total. The number of phenols is 1. The normalized spacial score (nSPS) is 16.2. The zero-order valence-electron chi connectivity index (χ0n) is 23.8. The molecule has 5 rings (SSSR count). The SMILES string of the molecule is CCOc1cc([C@@H]2C(=C(O)c3ccc(OC)c(OC)c3)C(=O)C(=O)N2CCc2c[nH]c3ccc(OC)cc23)ccc1O. The molecule has 1 amide bonds. The number of carbonyl (C=O) groups is 2. The van der Waals surface area contributed by atoms with Crippen molar-refractivity contribution in [3.8, 4) is 28.7 Å². The maximum Gasteiger partial charge on any atom is 0.295 e. The number of nitrogens with one attached hydrogen (secondary N) is 1. The van der Waals surface area contributed by atoms with E-state index in [1.807, 2.05) is 24.4 Å². The largest absolute Gasteiger partial charge is 0.507 e. The molecule has 1 saturated heterocycles. The highest BCUT2D eigenvalue weighted by Crippen LogP contribution is 2.43. The summed E-state index contributed by atoms with van der Waals surface area (Å²) in [6.07, 6.45) is 2.29. The van der Waals surface area contributed by atoms with Gasteiger partial charge in [-0.05, 0) is 73.0 Å². The van der Waals surface area contributed by atoms with Gasteiger partial charge in [-0.2, -0.15) is 0 Å². The molecule has 0 bridgehead atoms. The number of aliphatic hydroxyl groups is 1. The van der Waals surface area contributed by atoms with Crippen molar-refractivity contribution < 1.29 is 38.7 Å². The summed E-state index contributed by atoms with van der Waals surface area (Å²) in [5.41, 5.74) is 2.55. The number of rotatable bonds is 10. The summed E-state index contributed by atoms with van der Waals surface area (Å²) in [7, 11) is 4.56. The maximum atomic E-state index is 13.6. The standard InChI is InChI=1S/C32H32N2O8/c1-5-42-26-14-18(6-10-24(26)35)29-28(30(36)19-7-11-25(40-3)27(15-19)41-4)31(37)32(38)34(29)13-12-20-17-33-23-9-8-21(39-2)16-22(20)23/h6-11,14-17,29,33,35-36H,5,12-13H2,1-4H3/t29-/m1/s1. The van der Waals surface area contributed by atoms with Crippen molar-refractivity contribution in [1.29, 1.82) is 0 Å². The Morgan fingerprint density at radius 1 is 0.929 bits per heavy atom. The van der Waals surface area contributed by atoms with Gasteiger partial charge >= 0.3 is 0 Å². The summed E-state index contributed by atoms with van der Waals surface area (Å²) in [5, 5.41) is 22.8. The molecule has 0 aliphatic carbocycles. The van der Waals surface area contributed by atoms with Gasteiger partial charge in [-0.1, -0.05) is 6.07 Å². The number of phenolic OH excluding ortho intramolecular Hbond substituents is 1. The minimum absolute atomic E-state index is 0.0785. The van der Waals surface area contributed by atoms with Crippen molar-refractivity contribution >= 4 is 28.4 Å². The Morgan fingerprint density at radius 3 is 2.43 bits per heavy atom. The Morgan fingerprint density at radius 2 is 1.71 bits per heavy atom. The molecular weight excluding hydrogens is 540 g/mol. The second kappa shape index (κ2) is 11.8. The number of nitrogens with zero attached hydrogens (tertiary/aromatic N) is 1. The highest BCUT2D eigenvalue weighted by molar-refractivity contribution is 6.46. The number of aromatic amines is 1. The molecule has 2 heterocycles. The van der Waals surface area contributed by atoms with Crippen LogP contribution in [0.2, 0.25) is 0 Å². The number of amides is 1. The van der Waals surface area contributed by atoms with Gasteiger partial charge < -0.3 is 39.0 Å². The number of hydrogen-bond donors (Lipinski definition) is 3. The number of benzene rings is 3. The van der Waals surface area contributed by atoms with Crippen LogP contribution < -0.4 is 18.9 Å². The van der Waals surface area contributed by atoms with E-state index in [0.29, 0.717) is 35.8 Å².